The molecule has 2 aromatic carbocycles. The normalized spacial score (nSPS) is 25.2. The lowest BCUT2D eigenvalue weighted by molar-refractivity contribution is -0.152. The molecule has 3 heterocycles. The van der Waals surface area contributed by atoms with Crippen molar-refractivity contribution in [2.45, 2.75) is 82.1 Å². The Hall–Kier alpha value is -3.12. The van der Waals surface area contributed by atoms with Crippen LogP contribution < -0.4 is 20.1 Å². The Morgan fingerprint density at radius 3 is 2.67 bits per heavy atom. The lowest BCUT2D eigenvalue weighted by Crippen LogP contribution is -2.45. The van der Waals surface area contributed by atoms with E-state index in [1.54, 1.807) is 12.1 Å². The van der Waals surface area contributed by atoms with Gasteiger partial charge in [0.2, 0.25) is 11.8 Å². The third-order valence-corrected chi connectivity index (χ3v) is 11.0. The molecule has 0 amide bonds. The van der Waals surface area contributed by atoms with Crippen LogP contribution in [0.2, 0.25) is 0 Å². The van der Waals surface area contributed by atoms with Gasteiger partial charge in [-0.3, -0.25) is 13.9 Å². The number of aliphatic hydroxyl groups excluding tert-OH is 1. The van der Waals surface area contributed by atoms with Crippen molar-refractivity contribution in [3.63, 3.8) is 0 Å². The number of hydrogen-bond acceptors (Lipinski definition) is 13. The average Bonchev–Trinajstić information content (AvgIpc) is 3.50. The minimum atomic E-state index is -4.37. The van der Waals surface area contributed by atoms with Gasteiger partial charge in [-0.2, -0.15) is 15.1 Å². The summed E-state index contributed by atoms with van der Waals surface area (Å²) >= 11 is 1.94. The molecule has 258 valence electrons. The number of imidazole rings is 1. The Balaban J connectivity index is 1.26. The molecule has 5 N–H and O–H groups in total. The zero-order valence-corrected chi connectivity index (χ0v) is 29.7. The van der Waals surface area contributed by atoms with E-state index in [4.69, 9.17) is 29.0 Å². The molecule has 48 heavy (non-hydrogen) atoms. The second-order valence-corrected chi connectivity index (χ2v) is 14.8. The maximum absolute atomic E-state index is 14.5. The van der Waals surface area contributed by atoms with Crippen LogP contribution in [0.25, 0.3) is 21.9 Å². The van der Waals surface area contributed by atoms with Gasteiger partial charge in [0.15, 0.2) is 21.2 Å². The molecule has 1 saturated heterocycles. The third kappa shape index (κ3) is 6.97. The van der Waals surface area contributed by atoms with Gasteiger partial charge in [-0.15, -0.1) is 0 Å². The number of aromatic nitrogens is 4. The second-order valence-electron chi connectivity index (χ2n) is 12.1. The Kier molecular flexibility index (Phi) is 10.1. The predicted molar refractivity (Wildman–Crippen MR) is 183 cm³/mol. The average molecular weight is 797 g/mol. The van der Waals surface area contributed by atoms with Gasteiger partial charge < -0.3 is 34.7 Å². The minimum Gasteiger partial charge on any atom is -0.479 e. The smallest absolute Gasteiger partial charge is 0.459 e. The summed E-state index contributed by atoms with van der Waals surface area (Å²) in [6.45, 7) is 2.40. The lowest BCUT2D eigenvalue weighted by Gasteiger charge is -2.28. The first-order valence-electron chi connectivity index (χ1n) is 15.6. The van der Waals surface area contributed by atoms with Crippen molar-refractivity contribution in [3.05, 3.63) is 46.3 Å². The lowest BCUT2D eigenvalue weighted by atomic mass is 9.96. The fourth-order valence-corrected chi connectivity index (χ4v) is 8.29. The van der Waals surface area contributed by atoms with Crippen LogP contribution in [0.1, 0.15) is 52.2 Å². The van der Waals surface area contributed by atoms with E-state index in [9.17, 15) is 19.6 Å². The molecule has 0 bridgehead atoms. The topological polar surface area (TPSA) is 202 Å². The van der Waals surface area contributed by atoms with Crippen molar-refractivity contribution in [1.29, 1.82) is 0 Å². The van der Waals surface area contributed by atoms with Gasteiger partial charge >= 0.3 is 13.7 Å². The SMILES string of the molecule is COc1nc(N)nc2c1nc(I)n2[C@@H]1O[C@H](COP(=O)(N[C@@H](C)C(=O)OC2CCCCC2)Oc2cccc3ccccc23)[C@@H](O)[C@@]1(C)O. The van der Waals surface area contributed by atoms with Gasteiger partial charge in [0.05, 0.1) is 13.7 Å². The van der Waals surface area contributed by atoms with E-state index >= 15 is 0 Å². The van der Waals surface area contributed by atoms with Crippen LogP contribution in [0.4, 0.5) is 5.95 Å². The molecule has 1 saturated carbocycles. The van der Waals surface area contributed by atoms with Crippen LogP contribution in [-0.4, -0.2) is 79.4 Å². The first kappa shape index (κ1) is 34.7. The first-order chi connectivity index (χ1) is 22.9. The van der Waals surface area contributed by atoms with Crippen LogP contribution in [0.15, 0.2) is 42.5 Å². The van der Waals surface area contributed by atoms with Gasteiger partial charge in [-0.25, -0.2) is 9.55 Å². The van der Waals surface area contributed by atoms with Crippen LogP contribution in [0.3, 0.4) is 0 Å². The van der Waals surface area contributed by atoms with E-state index in [2.05, 4.69) is 20.0 Å². The summed E-state index contributed by atoms with van der Waals surface area (Å²) < 4.78 is 45.4. The number of nitrogen functional groups attached to an aromatic ring is 1. The maximum Gasteiger partial charge on any atom is 0.459 e. The molecule has 15 nitrogen and oxygen atoms in total. The molecule has 1 unspecified atom stereocenters. The van der Waals surface area contributed by atoms with Crippen molar-refractivity contribution in [2.75, 3.05) is 19.5 Å². The summed E-state index contributed by atoms with van der Waals surface area (Å²) in [5.74, 6) is -0.310. The summed E-state index contributed by atoms with van der Waals surface area (Å²) in [6.07, 6.45) is 0.405. The summed E-state index contributed by atoms with van der Waals surface area (Å²) in [5, 5.41) is 27.0. The number of hydrogen-bond donors (Lipinski definition) is 4. The number of nitrogens with one attached hydrogen (secondary N) is 1. The van der Waals surface area contributed by atoms with Crippen molar-refractivity contribution >= 4 is 64.2 Å². The minimum absolute atomic E-state index is 0.0938. The molecule has 2 aromatic heterocycles. The zero-order chi connectivity index (χ0) is 34.2. The van der Waals surface area contributed by atoms with E-state index in [-0.39, 0.29) is 34.8 Å². The van der Waals surface area contributed by atoms with Gasteiger partial charge in [0, 0.05) is 28.0 Å². The highest BCUT2D eigenvalue weighted by Crippen LogP contribution is 2.49. The number of halogens is 1. The van der Waals surface area contributed by atoms with Crippen LogP contribution in [0, 0.1) is 3.83 Å². The monoisotopic (exact) mass is 796 g/mol. The van der Waals surface area contributed by atoms with E-state index in [0.717, 1.165) is 37.5 Å². The van der Waals surface area contributed by atoms with E-state index in [1.807, 2.05) is 52.9 Å². The summed E-state index contributed by atoms with van der Waals surface area (Å²) in [5.41, 5.74) is 4.48. The summed E-state index contributed by atoms with van der Waals surface area (Å²) in [6, 6.07) is 11.6. The molecular formula is C31H38IN6O9P. The molecule has 2 fully saturated rings. The van der Waals surface area contributed by atoms with E-state index in [1.165, 1.54) is 25.5 Å². The van der Waals surface area contributed by atoms with E-state index < -0.39 is 50.4 Å². The number of fused-ring (bicyclic) bond motifs is 2. The highest BCUT2D eigenvalue weighted by Gasteiger charge is 2.55. The molecule has 6 atom stereocenters. The van der Waals surface area contributed by atoms with E-state index in [0.29, 0.717) is 9.22 Å². The maximum atomic E-state index is 14.5. The van der Waals surface area contributed by atoms with Crippen LogP contribution in [-0.2, 0) is 23.4 Å². The highest BCUT2D eigenvalue weighted by molar-refractivity contribution is 14.1. The number of carbonyl (C=O) groups excluding carboxylic acids is 1. The fraction of sp³-hybridized carbons (Fsp3) is 0.484. The van der Waals surface area contributed by atoms with Crippen LogP contribution >= 0.6 is 30.3 Å². The standard InChI is InChI=1S/C31H38IN6O9P/c1-17(27(40)45-19-12-5-4-6-13-19)37-48(42,47-21-15-9-11-18-10-7-8-14-20(18)21)44-16-22-24(39)31(2,41)28(46-22)38-25-23(34-29(38)32)26(43-3)36-30(33)35-25/h7-11,14-15,17,19,22,24,28,39,41H,4-6,12-13,16H2,1-3H3,(H,37,42)(H2,33,35,36)/t17-,22+,24+,28+,31+,48?/m0/s1. The molecule has 17 heteroatoms. The van der Waals surface area contributed by atoms with Crippen LogP contribution in [0.5, 0.6) is 11.6 Å². The van der Waals surface area contributed by atoms with Gasteiger partial charge in [-0.1, -0.05) is 42.8 Å². The molecule has 0 radical (unpaired) electrons. The number of anilines is 1. The van der Waals surface area contributed by atoms with Crippen molar-refractivity contribution in [3.8, 4) is 11.6 Å². The zero-order valence-electron chi connectivity index (χ0n) is 26.6. The number of methoxy groups -OCH3 is 1. The largest absolute Gasteiger partial charge is 0.479 e. The quantitative estimate of drug-likeness (QED) is 0.0727. The molecule has 6 rings (SSSR count). The Bertz CT molecular complexity index is 1850. The predicted octanol–water partition coefficient (Wildman–Crippen LogP) is 4.24. The molecule has 1 aliphatic carbocycles. The Morgan fingerprint density at radius 2 is 1.92 bits per heavy atom. The van der Waals surface area contributed by atoms with Crippen molar-refractivity contribution in [2.24, 2.45) is 0 Å². The second kappa shape index (κ2) is 14.0. The molecular weight excluding hydrogens is 758 g/mol. The fourth-order valence-electron chi connectivity index (χ4n) is 6.05. The number of ether oxygens (including phenoxy) is 3. The molecule has 1 aliphatic heterocycles. The Labute approximate surface area is 290 Å². The van der Waals surface area contributed by atoms with Gasteiger partial charge in [0.1, 0.15) is 35.7 Å². The number of nitrogens with two attached hydrogens (primary N) is 1. The summed E-state index contributed by atoms with van der Waals surface area (Å²) in [4.78, 5) is 25.9. The first-order valence-corrected chi connectivity index (χ1v) is 18.2. The number of nitrogens with zero attached hydrogens (tertiary/aromatic N) is 4. The third-order valence-electron chi connectivity index (χ3n) is 8.58. The Morgan fingerprint density at radius 1 is 1.19 bits per heavy atom. The van der Waals surface area contributed by atoms with Gasteiger partial charge in [-0.05, 0) is 51.0 Å². The number of carbonyl (C=O) groups is 1. The number of benzene rings is 2. The summed E-state index contributed by atoms with van der Waals surface area (Å²) in [7, 11) is -2.96. The van der Waals surface area contributed by atoms with Crippen molar-refractivity contribution < 1.29 is 42.8 Å². The van der Waals surface area contributed by atoms with Crippen molar-refractivity contribution in [1.82, 2.24) is 24.6 Å². The molecule has 2 aliphatic rings. The highest BCUT2D eigenvalue weighted by atomic mass is 127. The molecule has 4 aromatic rings. The van der Waals surface area contributed by atoms with Gasteiger partial charge in [0.25, 0.3) is 0 Å². The number of aliphatic hydroxyl groups is 2. The number of esters is 1. The number of rotatable bonds is 11. The molecule has 0 spiro atoms.